The molecule has 5 heteroatoms. The van der Waals surface area contributed by atoms with Crippen molar-refractivity contribution in [2.24, 2.45) is 5.73 Å². The van der Waals surface area contributed by atoms with Gasteiger partial charge in [-0.3, -0.25) is 4.40 Å². The quantitative estimate of drug-likeness (QED) is 0.797. The van der Waals surface area contributed by atoms with Crippen LogP contribution in [0.5, 0.6) is 0 Å². The molecule has 0 saturated heterocycles. The van der Waals surface area contributed by atoms with Gasteiger partial charge in [0.05, 0.1) is 0 Å². The summed E-state index contributed by atoms with van der Waals surface area (Å²) in [6.45, 7) is 0.462. The molecule has 2 heterocycles. The van der Waals surface area contributed by atoms with Gasteiger partial charge in [-0.2, -0.15) is 0 Å². The number of aromatic nitrogens is 3. The number of pyridine rings is 1. The van der Waals surface area contributed by atoms with Crippen molar-refractivity contribution in [1.29, 1.82) is 0 Å². The molecule has 3 aromatic rings. The van der Waals surface area contributed by atoms with E-state index in [0.29, 0.717) is 13.0 Å². The van der Waals surface area contributed by atoms with Crippen LogP contribution in [-0.4, -0.2) is 14.6 Å². The molecule has 2 aromatic heterocycles. The minimum Gasteiger partial charge on any atom is -0.326 e. The standard InChI is InChI=1S/C14H13ClN4/c15-12-5-3-10(4-6-12)8-13-17-18-14-11(9-16)2-1-7-19(13)14/h1-7H,8-9,16H2. The van der Waals surface area contributed by atoms with Gasteiger partial charge in [0, 0.05) is 29.7 Å². The Hall–Kier alpha value is -1.91. The van der Waals surface area contributed by atoms with Gasteiger partial charge in [0.25, 0.3) is 0 Å². The van der Waals surface area contributed by atoms with Gasteiger partial charge in [-0.25, -0.2) is 0 Å². The Kier molecular flexibility index (Phi) is 3.19. The molecule has 0 aliphatic carbocycles. The zero-order valence-electron chi connectivity index (χ0n) is 10.3. The lowest BCUT2D eigenvalue weighted by Gasteiger charge is -2.02. The highest BCUT2D eigenvalue weighted by Gasteiger charge is 2.08. The minimum atomic E-state index is 0.462. The Morgan fingerprint density at radius 2 is 1.89 bits per heavy atom. The third-order valence-electron chi connectivity index (χ3n) is 3.08. The SMILES string of the molecule is NCc1cccn2c(Cc3ccc(Cl)cc3)nnc12. The molecule has 0 fully saturated rings. The summed E-state index contributed by atoms with van der Waals surface area (Å²) >= 11 is 5.88. The molecule has 3 rings (SSSR count). The molecule has 19 heavy (non-hydrogen) atoms. The smallest absolute Gasteiger partial charge is 0.165 e. The van der Waals surface area contributed by atoms with Crippen molar-refractivity contribution in [1.82, 2.24) is 14.6 Å². The molecule has 0 atom stereocenters. The van der Waals surface area contributed by atoms with Crippen LogP contribution < -0.4 is 5.73 Å². The molecule has 0 saturated carbocycles. The monoisotopic (exact) mass is 272 g/mol. The molecule has 0 spiro atoms. The van der Waals surface area contributed by atoms with Crippen LogP contribution in [0, 0.1) is 0 Å². The normalized spacial score (nSPS) is 11.1. The van der Waals surface area contributed by atoms with Crippen molar-refractivity contribution in [2.45, 2.75) is 13.0 Å². The third kappa shape index (κ3) is 2.32. The maximum atomic E-state index is 5.88. The first-order valence-corrected chi connectivity index (χ1v) is 6.42. The second kappa shape index (κ2) is 4.99. The summed E-state index contributed by atoms with van der Waals surface area (Å²) < 4.78 is 1.98. The highest BCUT2D eigenvalue weighted by molar-refractivity contribution is 6.30. The van der Waals surface area contributed by atoms with E-state index >= 15 is 0 Å². The van der Waals surface area contributed by atoms with Crippen molar-refractivity contribution in [3.63, 3.8) is 0 Å². The lowest BCUT2D eigenvalue weighted by Crippen LogP contribution is -2.01. The van der Waals surface area contributed by atoms with E-state index in [-0.39, 0.29) is 0 Å². The molecular weight excluding hydrogens is 260 g/mol. The van der Waals surface area contributed by atoms with Gasteiger partial charge in [0.1, 0.15) is 5.82 Å². The molecule has 0 bridgehead atoms. The van der Waals surface area contributed by atoms with Gasteiger partial charge < -0.3 is 5.73 Å². The van der Waals surface area contributed by atoms with Crippen molar-refractivity contribution < 1.29 is 0 Å². The molecule has 0 aliphatic rings. The second-order valence-corrected chi connectivity index (χ2v) is 4.79. The predicted molar refractivity (Wildman–Crippen MR) is 75.1 cm³/mol. The largest absolute Gasteiger partial charge is 0.326 e. The van der Waals surface area contributed by atoms with Crippen LogP contribution in [0.25, 0.3) is 5.65 Å². The lowest BCUT2D eigenvalue weighted by molar-refractivity contribution is 0.933. The first-order valence-electron chi connectivity index (χ1n) is 6.04. The number of hydrogen-bond donors (Lipinski definition) is 1. The average molecular weight is 273 g/mol. The van der Waals surface area contributed by atoms with Crippen LogP contribution in [0.3, 0.4) is 0 Å². The van der Waals surface area contributed by atoms with Gasteiger partial charge in [-0.1, -0.05) is 29.8 Å². The predicted octanol–water partition coefficient (Wildman–Crippen LogP) is 2.43. The summed E-state index contributed by atoms with van der Waals surface area (Å²) in [5.41, 5.74) is 8.67. The zero-order valence-corrected chi connectivity index (χ0v) is 11.0. The number of nitrogens with two attached hydrogens (primary N) is 1. The molecule has 4 nitrogen and oxygen atoms in total. The van der Waals surface area contributed by atoms with E-state index in [1.54, 1.807) is 0 Å². The molecule has 1 aromatic carbocycles. The maximum absolute atomic E-state index is 5.88. The first kappa shape index (κ1) is 12.1. The Bertz CT molecular complexity index is 703. The van der Waals surface area contributed by atoms with Gasteiger partial charge in [0.2, 0.25) is 0 Å². The van der Waals surface area contributed by atoms with E-state index in [2.05, 4.69) is 10.2 Å². The van der Waals surface area contributed by atoms with Crippen molar-refractivity contribution in [2.75, 3.05) is 0 Å². The molecule has 0 unspecified atom stereocenters. The van der Waals surface area contributed by atoms with Crippen LogP contribution in [0.1, 0.15) is 17.0 Å². The summed E-state index contributed by atoms with van der Waals surface area (Å²) in [4.78, 5) is 0. The topological polar surface area (TPSA) is 56.2 Å². The zero-order chi connectivity index (χ0) is 13.2. The molecular formula is C14H13ClN4. The van der Waals surface area contributed by atoms with Crippen LogP contribution in [0.2, 0.25) is 5.02 Å². The van der Waals surface area contributed by atoms with E-state index in [9.17, 15) is 0 Å². The summed E-state index contributed by atoms with van der Waals surface area (Å²) in [5.74, 6) is 0.896. The molecule has 0 aliphatic heterocycles. The van der Waals surface area contributed by atoms with Crippen LogP contribution in [0.15, 0.2) is 42.6 Å². The Morgan fingerprint density at radius 1 is 1.11 bits per heavy atom. The fourth-order valence-electron chi connectivity index (χ4n) is 2.08. The molecule has 0 radical (unpaired) electrons. The summed E-state index contributed by atoms with van der Waals surface area (Å²) in [6, 6.07) is 11.7. The van der Waals surface area contributed by atoms with Crippen LogP contribution in [-0.2, 0) is 13.0 Å². The Labute approximate surface area is 115 Å². The number of benzene rings is 1. The number of hydrogen-bond acceptors (Lipinski definition) is 3. The summed E-state index contributed by atoms with van der Waals surface area (Å²) in [7, 11) is 0. The lowest BCUT2D eigenvalue weighted by atomic mass is 10.1. The maximum Gasteiger partial charge on any atom is 0.165 e. The first-order chi connectivity index (χ1) is 9.28. The van der Waals surface area contributed by atoms with E-state index in [1.165, 1.54) is 0 Å². The van der Waals surface area contributed by atoms with Crippen LogP contribution >= 0.6 is 11.6 Å². The van der Waals surface area contributed by atoms with E-state index in [0.717, 1.165) is 27.6 Å². The number of rotatable bonds is 3. The minimum absolute atomic E-state index is 0.462. The summed E-state index contributed by atoms with van der Waals surface area (Å²) in [6.07, 6.45) is 2.67. The Balaban J connectivity index is 1.99. The molecule has 0 amide bonds. The number of halogens is 1. The van der Waals surface area contributed by atoms with Gasteiger partial charge in [0.15, 0.2) is 5.65 Å². The molecule has 96 valence electrons. The van der Waals surface area contributed by atoms with Gasteiger partial charge >= 0.3 is 0 Å². The summed E-state index contributed by atoms with van der Waals surface area (Å²) in [5, 5.41) is 9.19. The van der Waals surface area contributed by atoms with Gasteiger partial charge in [-0.05, 0) is 23.8 Å². The van der Waals surface area contributed by atoms with E-state index < -0.39 is 0 Å². The van der Waals surface area contributed by atoms with Crippen molar-refractivity contribution in [3.05, 3.63) is 64.6 Å². The van der Waals surface area contributed by atoms with Crippen LogP contribution in [0.4, 0.5) is 0 Å². The average Bonchev–Trinajstić information content (AvgIpc) is 2.84. The highest BCUT2D eigenvalue weighted by Crippen LogP contribution is 2.15. The van der Waals surface area contributed by atoms with Gasteiger partial charge in [-0.15, -0.1) is 10.2 Å². The second-order valence-electron chi connectivity index (χ2n) is 4.35. The molecule has 2 N–H and O–H groups in total. The highest BCUT2D eigenvalue weighted by atomic mass is 35.5. The van der Waals surface area contributed by atoms with E-state index in [4.69, 9.17) is 17.3 Å². The third-order valence-corrected chi connectivity index (χ3v) is 3.33. The van der Waals surface area contributed by atoms with E-state index in [1.807, 2.05) is 47.0 Å². The fourth-order valence-corrected chi connectivity index (χ4v) is 2.21. The van der Waals surface area contributed by atoms with Crippen molar-refractivity contribution >= 4 is 17.2 Å². The van der Waals surface area contributed by atoms with Crippen molar-refractivity contribution in [3.8, 4) is 0 Å². The Morgan fingerprint density at radius 3 is 2.63 bits per heavy atom. The number of nitrogens with zero attached hydrogens (tertiary/aromatic N) is 3. The number of fused-ring (bicyclic) bond motifs is 1. The fraction of sp³-hybridized carbons (Fsp3) is 0.143.